The number of aryl methyl sites for hydroxylation is 1. The second-order valence-electron chi connectivity index (χ2n) is 14.1. The Morgan fingerprint density at radius 3 is 2.40 bits per heavy atom. The second-order valence-corrected chi connectivity index (χ2v) is 14.1. The van der Waals surface area contributed by atoms with Gasteiger partial charge < -0.3 is 5.32 Å². The zero-order chi connectivity index (χ0) is 31.3. The number of carbonyl (C=O) groups excluding carboxylic acids is 2. The van der Waals surface area contributed by atoms with Gasteiger partial charge >= 0.3 is 6.03 Å². The third-order valence-electron chi connectivity index (χ3n) is 9.77. The SMILES string of the molecule is Cc1ccc(-n2nc(C(C)(C)C)cc2NC(=O)Nc2ccc(CC3CC4CCC(C3)N4C3CCN4ONC=C4C3=O)cc2)cc1. The van der Waals surface area contributed by atoms with E-state index in [9.17, 15) is 9.59 Å². The van der Waals surface area contributed by atoms with Crippen molar-refractivity contribution in [2.75, 3.05) is 17.2 Å². The summed E-state index contributed by atoms with van der Waals surface area (Å²) in [6.07, 6.45) is 8.07. The van der Waals surface area contributed by atoms with Crippen LogP contribution >= 0.6 is 0 Å². The molecule has 3 fully saturated rings. The summed E-state index contributed by atoms with van der Waals surface area (Å²) in [6.45, 7) is 9.12. The van der Waals surface area contributed by atoms with Gasteiger partial charge in [0.1, 0.15) is 11.5 Å². The van der Waals surface area contributed by atoms with E-state index < -0.39 is 0 Å². The van der Waals surface area contributed by atoms with Gasteiger partial charge in [-0.25, -0.2) is 20.0 Å². The van der Waals surface area contributed by atoms with Gasteiger partial charge in [0.2, 0.25) is 0 Å². The minimum atomic E-state index is -0.309. The van der Waals surface area contributed by atoms with Gasteiger partial charge in [-0.15, -0.1) is 0 Å². The lowest BCUT2D eigenvalue weighted by Gasteiger charge is -2.45. The van der Waals surface area contributed by atoms with Crippen LogP contribution in [0.4, 0.5) is 16.3 Å². The smallest absolute Gasteiger partial charge is 0.308 e. The van der Waals surface area contributed by atoms with Gasteiger partial charge in [-0.1, -0.05) is 50.6 Å². The molecule has 4 aliphatic rings. The molecule has 2 aromatic carbocycles. The summed E-state index contributed by atoms with van der Waals surface area (Å²) < 4.78 is 1.79. The fourth-order valence-corrected chi connectivity index (χ4v) is 7.51. The number of aromatic nitrogens is 2. The number of hydrogen-bond acceptors (Lipinski definition) is 7. The Balaban J connectivity index is 0.965. The van der Waals surface area contributed by atoms with Crippen molar-refractivity contribution in [1.82, 2.24) is 25.2 Å². The van der Waals surface area contributed by atoms with Crippen LogP contribution in [0.5, 0.6) is 0 Å². The number of nitrogens with one attached hydrogen (secondary N) is 3. The van der Waals surface area contributed by atoms with Crippen LogP contribution in [0, 0.1) is 12.8 Å². The summed E-state index contributed by atoms with van der Waals surface area (Å²) in [4.78, 5) is 34.2. The molecule has 10 nitrogen and oxygen atoms in total. The number of nitrogens with zero attached hydrogens (tertiary/aromatic N) is 4. The predicted octanol–water partition coefficient (Wildman–Crippen LogP) is 5.84. The molecule has 45 heavy (non-hydrogen) atoms. The third kappa shape index (κ3) is 5.96. The standard InChI is InChI=1S/C35H43N7O3/c1-22-5-11-26(12-6-22)42-32(20-31(39-42)35(2,3)4)38-34(44)37-25-9-7-23(8-10-25)17-24-18-27-13-14-28(19-24)41(27)29-15-16-40-30(33(29)43)21-36-45-40/h5-12,20-21,24,27-29,36H,13-19H2,1-4H3,(H2,37,38,44). The van der Waals surface area contributed by atoms with E-state index in [1.54, 1.807) is 15.9 Å². The summed E-state index contributed by atoms with van der Waals surface area (Å²) in [5.41, 5.74) is 8.19. The van der Waals surface area contributed by atoms with E-state index >= 15 is 0 Å². The summed E-state index contributed by atoms with van der Waals surface area (Å²) in [7, 11) is 0. The van der Waals surface area contributed by atoms with Crippen LogP contribution in [0.25, 0.3) is 5.69 Å². The molecule has 3 N–H and O–H groups in total. The molecule has 2 amide bonds. The molecule has 3 saturated heterocycles. The van der Waals surface area contributed by atoms with Crippen molar-refractivity contribution in [1.29, 1.82) is 0 Å². The minimum Gasteiger partial charge on any atom is -0.308 e. The Bertz CT molecular complexity index is 1590. The van der Waals surface area contributed by atoms with Crippen LogP contribution in [-0.4, -0.2) is 56.2 Å². The highest BCUT2D eigenvalue weighted by Crippen LogP contribution is 2.43. The molecule has 3 unspecified atom stereocenters. The number of urea groups is 1. The first-order chi connectivity index (χ1) is 21.6. The van der Waals surface area contributed by atoms with Crippen LogP contribution < -0.4 is 16.1 Å². The number of rotatable bonds is 6. The predicted molar refractivity (Wildman–Crippen MR) is 174 cm³/mol. The van der Waals surface area contributed by atoms with Crippen LogP contribution in [0.2, 0.25) is 0 Å². The van der Waals surface area contributed by atoms with E-state index in [2.05, 4.69) is 53.9 Å². The average molecular weight is 610 g/mol. The first kappa shape index (κ1) is 29.6. The van der Waals surface area contributed by atoms with Crippen molar-refractivity contribution in [3.63, 3.8) is 0 Å². The lowest BCUT2D eigenvalue weighted by molar-refractivity contribution is -0.171. The highest BCUT2D eigenvalue weighted by atomic mass is 16.8. The largest absolute Gasteiger partial charge is 0.324 e. The van der Waals surface area contributed by atoms with Crippen LogP contribution in [0.1, 0.15) is 69.7 Å². The van der Waals surface area contributed by atoms with Crippen molar-refractivity contribution in [2.24, 2.45) is 5.92 Å². The highest BCUT2D eigenvalue weighted by Gasteiger charge is 2.48. The van der Waals surface area contributed by atoms with Gasteiger partial charge in [-0.05, 0) is 81.2 Å². The zero-order valence-electron chi connectivity index (χ0n) is 26.5. The van der Waals surface area contributed by atoms with Crippen LogP contribution in [0.3, 0.4) is 0 Å². The summed E-state index contributed by atoms with van der Waals surface area (Å²) in [5.74, 6) is 1.39. The van der Waals surface area contributed by atoms with Crippen molar-refractivity contribution < 1.29 is 14.5 Å². The number of piperidine rings is 2. The minimum absolute atomic E-state index is 0.0402. The van der Waals surface area contributed by atoms with Crippen molar-refractivity contribution >= 4 is 23.3 Å². The van der Waals surface area contributed by atoms with E-state index in [4.69, 9.17) is 10.0 Å². The molecule has 236 valence electrons. The van der Waals surface area contributed by atoms with Gasteiger partial charge in [0.25, 0.3) is 0 Å². The summed E-state index contributed by atoms with van der Waals surface area (Å²) in [5, 5.41) is 12.5. The fraction of sp³-hybridized carbons (Fsp3) is 0.457. The molecular formula is C35H43N7O3. The monoisotopic (exact) mass is 609 g/mol. The molecular weight excluding hydrogens is 566 g/mol. The quantitative estimate of drug-likeness (QED) is 0.323. The van der Waals surface area contributed by atoms with E-state index in [-0.39, 0.29) is 23.3 Å². The molecule has 0 aliphatic carbocycles. The zero-order valence-corrected chi connectivity index (χ0v) is 26.5. The average Bonchev–Trinajstić information content (AvgIpc) is 3.72. The van der Waals surface area contributed by atoms with E-state index in [1.807, 2.05) is 49.4 Å². The van der Waals surface area contributed by atoms with Gasteiger partial charge in [0, 0.05) is 29.3 Å². The van der Waals surface area contributed by atoms with Gasteiger partial charge in [-0.3, -0.25) is 15.0 Å². The Morgan fingerprint density at radius 1 is 1.00 bits per heavy atom. The summed E-state index contributed by atoms with van der Waals surface area (Å²) >= 11 is 0. The highest BCUT2D eigenvalue weighted by molar-refractivity contribution is 6.00. The molecule has 3 atom stereocenters. The molecule has 0 saturated carbocycles. The molecule has 1 aromatic heterocycles. The van der Waals surface area contributed by atoms with E-state index in [0.717, 1.165) is 49.3 Å². The number of benzene rings is 2. The Labute approximate surface area is 264 Å². The van der Waals surface area contributed by atoms with Gasteiger partial charge in [-0.2, -0.15) is 10.0 Å². The lowest BCUT2D eigenvalue weighted by atomic mass is 9.83. The second kappa shape index (κ2) is 11.7. The number of ketones is 1. The first-order valence-electron chi connectivity index (χ1n) is 16.2. The van der Waals surface area contributed by atoms with Crippen LogP contribution in [-0.2, 0) is 21.6 Å². The van der Waals surface area contributed by atoms with E-state index in [0.29, 0.717) is 29.5 Å². The maximum atomic E-state index is 13.2. The van der Waals surface area contributed by atoms with Gasteiger partial charge in [0.05, 0.1) is 30.2 Å². The maximum absolute atomic E-state index is 13.2. The normalized spacial score (nSPS) is 24.7. The first-order valence-corrected chi connectivity index (χ1v) is 16.2. The van der Waals surface area contributed by atoms with Crippen LogP contribution in [0.15, 0.2) is 66.5 Å². The molecule has 7 rings (SSSR count). The number of hydroxylamine groups is 3. The van der Waals surface area contributed by atoms with Crippen molar-refractivity contribution in [3.8, 4) is 5.69 Å². The topological polar surface area (TPSA) is 104 Å². The molecule has 2 bridgehead atoms. The maximum Gasteiger partial charge on any atom is 0.324 e. The number of amides is 2. The number of anilines is 2. The molecule has 3 aromatic rings. The molecule has 10 heteroatoms. The van der Waals surface area contributed by atoms with Crippen molar-refractivity contribution in [3.05, 3.63) is 83.3 Å². The van der Waals surface area contributed by atoms with E-state index in [1.165, 1.54) is 24.0 Å². The van der Waals surface area contributed by atoms with Crippen molar-refractivity contribution in [2.45, 2.75) is 89.8 Å². The number of Topliss-reactive ketones (excluding diaryl/α,β-unsaturated/α-hetero) is 1. The Morgan fingerprint density at radius 2 is 1.71 bits per heavy atom. The molecule has 0 spiro atoms. The lowest BCUT2D eigenvalue weighted by Crippen LogP contribution is -2.56. The number of hydrogen-bond donors (Lipinski definition) is 3. The molecule has 5 heterocycles. The molecule has 4 aliphatic heterocycles. The molecule has 0 radical (unpaired) electrons. The van der Waals surface area contributed by atoms with Gasteiger partial charge in [0.15, 0.2) is 5.78 Å². The Kier molecular flexibility index (Phi) is 7.65. The Hall–Kier alpha value is -4.15. The number of carbonyl (C=O) groups is 2. The summed E-state index contributed by atoms with van der Waals surface area (Å²) in [6, 6.07) is 18.8. The number of fused-ring (bicyclic) bond motifs is 3. The third-order valence-corrected chi connectivity index (χ3v) is 9.77. The fourth-order valence-electron chi connectivity index (χ4n) is 7.51.